The molecule has 1 aliphatic heterocycles. The molecule has 0 amide bonds. The molecule has 1 aromatic rings. The van der Waals surface area contributed by atoms with E-state index in [0.29, 0.717) is 5.92 Å². The van der Waals surface area contributed by atoms with Crippen LogP contribution in [0.1, 0.15) is 49.3 Å². The van der Waals surface area contributed by atoms with Crippen LogP contribution in [0.5, 0.6) is 0 Å². The molecule has 1 N–H and O–H groups in total. The first kappa shape index (κ1) is 13.5. The molecular formula is C16H24FN. The molecule has 1 atom stereocenters. The molecule has 100 valence electrons. The predicted octanol–water partition coefficient (Wildman–Crippen LogP) is 3.80. The fourth-order valence-corrected chi connectivity index (χ4v) is 2.81. The van der Waals surface area contributed by atoms with Crippen molar-refractivity contribution >= 4 is 0 Å². The third kappa shape index (κ3) is 3.11. The Morgan fingerprint density at radius 3 is 2.78 bits per heavy atom. The molecular weight excluding hydrogens is 225 g/mol. The lowest BCUT2D eigenvalue weighted by atomic mass is 9.88. The predicted molar refractivity (Wildman–Crippen MR) is 74.5 cm³/mol. The van der Waals surface area contributed by atoms with Crippen LogP contribution in [0, 0.1) is 18.7 Å². The standard InChI is InChI=1S/C16H24FN/c1-11(2)15-9-14(12(3)7-16(15)17)8-13-5-4-6-18-10-13/h7,9,11,13,18H,4-6,8,10H2,1-3H3. The molecule has 0 radical (unpaired) electrons. The number of piperidine rings is 1. The Morgan fingerprint density at radius 2 is 2.17 bits per heavy atom. The molecule has 18 heavy (non-hydrogen) atoms. The number of halogens is 1. The molecule has 1 saturated heterocycles. The summed E-state index contributed by atoms with van der Waals surface area (Å²) in [5.74, 6) is 0.921. The van der Waals surface area contributed by atoms with Gasteiger partial charge in [0, 0.05) is 0 Å². The summed E-state index contributed by atoms with van der Waals surface area (Å²) in [6.45, 7) is 8.39. The number of nitrogens with one attached hydrogen (secondary N) is 1. The van der Waals surface area contributed by atoms with Crippen molar-refractivity contribution in [2.24, 2.45) is 5.92 Å². The Morgan fingerprint density at radius 1 is 1.39 bits per heavy atom. The zero-order valence-corrected chi connectivity index (χ0v) is 11.7. The average molecular weight is 249 g/mol. The summed E-state index contributed by atoms with van der Waals surface area (Å²) in [6.07, 6.45) is 3.64. The van der Waals surface area contributed by atoms with Crippen molar-refractivity contribution in [1.82, 2.24) is 5.32 Å². The van der Waals surface area contributed by atoms with E-state index < -0.39 is 0 Å². The first-order valence-corrected chi connectivity index (χ1v) is 7.07. The van der Waals surface area contributed by atoms with Gasteiger partial charge in [-0.3, -0.25) is 0 Å². The monoisotopic (exact) mass is 249 g/mol. The smallest absolute Gasteiger partial charge is 0.126 e. The molecule has 1 aromatic carbocycles. The summed E-state index contributed by atoms with van der Waals surface area (Å²) in [5, 5.41) is 3.45. The highest BCUT2D eigenvalue weighted by molar-refractivity contribution is 5.34. The van der Waals surface area contributed by atoms with Crippen LogP contribution in [-0.4, -0.2) is 13.1 Å². The van der Waals surface area contributed by atoms with Gasteiger partial charge in [-0.1, -0.05) is 19.9 Å². The normalized spacial score (nSPS) is 20.4. The number of hydrogen-bond acceptors (Lipinski definition) is 1. The minimum atomic E-state index is -0.0481. The van der Waals surface area contributed by atoms with E-state index in [1.807, 2.05) is 6.92 Å². The molecule has 1 heterocycles. The zero-order chi connectivity index (χ0) is 13.1. The van der Waals surface area contributed by atoms with Crippen LogP contribution in [0.25, 0.3) is 0 Å². The largest absolute Gasteiger partial charge is 0.316 e. The summed E-state index contributed by atoms with van der Waals surface area (Å²) < 4.78 is 13.8. The fraction of sp³-hybridized carbons (Fsp3) is 0.625. The highest BCUT2D eigenvalue weighted by Gasteiger charge is 2.16. The van der Waals surface area contributed by atoms with Crippen molar-refractivity contribution in [3.05, 3.63) is 34.6 Å². The highest BCUT2D eigenvalue weighted by Crippen LogP contribution is 2.25. The Balaban J connectivity index is 2.18. The summed E-state index contributed by atoms with van der Waals surface area (Å²) >= 11 is 0. The summed E-state index contributed by atoms with van der Waals surface area (Å²) in [7, 11) is 0. The van der Waals surface area contributed by atoms with Crippen LogP contribution in [0.2, 0.25) is 0 Å². The van der Waals surface area contributed by atoms with Crippen LogP contribution in [0.3, 0.4) is 0 Å². The third-order valence-electron chi connectivity index (χ3n) is 3.98. The molecule has 0 spiro atoms. The SMILES string of the molecule is Cc1cc(F)c(C(C)C)cc1CC1CCCNC1. The van der Waals surface area contributed by atoms with E-state index >= 15 is 0 Å². The summed E-state index contributed by atoms with van der Waals surface area (Å²) in [5.41, 5.74) is 3.29. The summed E-state index contributed by atoms with van der Waals surface area (Å²) in [4.78, 5) is 0. The number of aryl methyl sites for hydroxylation is 1. The van der Waals surface area contributed by atoms with E-state index in [1.54, 1.807) is 6.07 Å². The van der Waals surface area contributed by atoms with Gasteiger partial charge in [0.1, 0.15) is 5.82 Å². The Hall–Kier alpha value is -0.890. The van der Waals surface area contributed by atoms with E-state index in [9.17, 15) is 4.39 Å². The van der Waals surface area contributed by atoms with Crippen LogP contribution in [-0.2, 0) is 6.42 Å². The minimum absolute atomic E-state index is 0.0481. The average Bonchev–Trinajstić information content (AvgIpc) is 2.33. The molecule has 1 nitrogen and oxygen atoms in total. The topological polar surface area (TPSA) is 12.0 Å². The number of rotatable bonds is 3. The van der Waals surface area contributed by atoms with E-state index in [2.05, 4.69) is 25.2 Å². The van der Waals surface area contributed by atoms with Crippen LogP contribution in [0.15, 0.2) is 12.1 Å². The molecule has 1 unspecified atom stereocenters. The second kappa shape index (κ2) is 5.83. The number of benzene rings is 1. The molecule has 1 aliphatic rings. The van der Waals surface area contributed by atoms with Gasteiger partial charge in [-0.2, -0.15) is 0 Å². The molecule has 2 rings (SSSR count). The van der Waals surface area contributed by atoms with Crippen molar-refractivity contribution in [3.8, 4) is 0 Å². The molecule has 2 heteroatoms. The van der Waals surface area contributed by atoms with Gasteiger partial charge in [-0.25, -0.2) is 4.39 Å². The lowest BCUT2D eigenvalue weighted by Crippen LogP contribution is -2.31. The van der Waals surface area contributed by atoms with Crippen molar-refractivity contribution in [1.29, 1.82) is 0 Å². The molecule has 0 aromatic heterocycles. The lowest BCUT2D eigenvalue weighted by molar-refractivity contribution is 0.375. The Bertz CT molecular complexity index is 406. The van der Waals surface area contributed by atoms with Crippen molar-refractivity contribution in [3.63, 3.8) is 0 Å². The maximum absolute atomic E-state index is 13.8. The Labute approximate surface area is 110 Å². The van der Waals surface area contributed by atoms with Gasteiger partial charge in [0.2, 0.25) is 0 Å². The van der Waals surface area contributed by atoms with Crippen LogP contribution >= 0.6 is 0 Å². The van der Waals surface area contributed by atoms with Crippen molar-refractivity contribution in [2.75, 3.05) is 13.1 Å². The third-order valence-corrected chi connectivity index (χ3v) is 3.98. The summed E-state index contributed by atoms with van der Waals surface area (Å²) in [6, 6.07) is 3.80. The lowest BCUT2D eigenvalue weighted by Gasteiger charge is -2.24. The second-order valence-electron chi connectivity index (χ2n) is 5.87. The molecule has 0 bridgehead atoms. The minimum Gasteiger partial charge on any atom is -0.316 e. The maximum atomic E-state index is 13.8. The van der Waals surface area contributed by atoms with Gasteiger partial charge in [-0.05, 0) is 73.9 Å². The van der Waals surface area contributed by atoms with Gasteiger partial charge in [0.25, 0.3) is 0 Å². The molecule has 1 fully saturated rings. The van der Waals surface area contributed by atoms with E-state index in [0.717, 1.165) is 30.6 Å². The van der Waals surface area contributed by atoms with Crippen LogP contribution in [0.4, 0.5) is 4.39 Å². The highest BCUT2D eigenvalue weighted by atomic mass is 19.1. The zero-order valence-electron chi connectivity index (χ0n) is 11.7. The first-order chi connectivity index (χ1) is 8.58. The van der Waals surface area contributed by atoms with Crippen molar-refractivity contribution in [2.45, 2.75) is 46.0 Å². The quantitative estimate of drug-likeness (QED) is 0.859. The fourth-order valence-electron chi connectivity index (χ4n) is 2.81. The van der Waals surface area contributed by atoms with E-state index in [-0.39, 0.29) is 11.7 Å². The van der Waals surface area contributed by atoms with Crippen LogP contribution < -0.4 is 5.32 Å². The number of hydrogen-bond donors (Lipinski definition) is 1. The van der Waals surface area contributed by atoms with Crippen molar-refractivity contribution < 1.29 is 4.39 Å². The maximum Gasteiger partial charge on any atom is 0.126 e. The molecule has 0 saturated carbocycles. The second-order valence-corrected chi connectivity index (χ2v) is 5.87. The van der Waals surface area contributed by atoms with Gasteiger partial charge in [0.05, 0.1) is 0 Å². The van der Waals surface area contributed by atoms with E-state index in [4.69, 9.17) is 0 Å². The van der Waals surface area contributed by atoms with Gasteiger partial charge >= 0.3 is 0 Å². The van der Waals surface area contributed by atoms with Gasteiger partial charge < -0.3 is 5.32 Å². The Kier molecular flexibility index (Phi) is 4.39. The van der Waals surface area contributed by atoms with E-state index in [1.165, 1.54) is 18.4 Å². The van der Waals surface area contributed by atoms with Gasteiger partial charge in [0.15, 0.2) is 0 Å². The first-order valence-electron chi connectivity index (χ1n) is 7.07. The van der Waals surface area contributed by atoms with Gasteiger partial charge in [-0.15, -0.1) is 0 Å². The molecule has 0 aliphatic carbocycles.